The Hall–Kier alpha value is -2.14. The van der Waals surface area contributed by atoms with Crippen molar-refractivity contribution in [3.05, 3.63) is 29.8 Å². The molecule has 1 aromatic rings. The molecule has 30 heavy (non-hydrogen) atoms. The molecule has 0 saturated carbocycles. The van der Waals surface area contributed by atoms with Crippen molar-refractivity contribution >= 4 is 5.91 Å². The number of hydrogen-bond donors (Lipinski definition) is 2. The average molecular weight is 414 g/mol. The van der Waals surface area contributed by atoms with Crippen molar-refractivity contribution in [3.63, 3.8) is 0 Å². The van der Waals surface area contributed by atoms with Gasteiger partial charge in [-0.15, -0.1) is 0 Å². The number of fused-ring (bicyclic) bond motifs is 2. The highest BCUT2D eigenvalue weighted by molar-refractivity contribution is 5.78. The van der Waals surface area contributed by atoms with Crippen molar-refractivity contribution in [3.8, 4) is 11.8 Å². The lowest BCUT2D eigenvalue weighted by Gasteiger charge is -2.42. The molecule has 7 heteroatoms. The Morgan fingerprint density at radius 2 is 1.90 bits per heavy atom. The number of carbonyl (C=O) groups is 1. The van der Waals surface area contributed by atoms with Crippen molar-refractivity contribution in [1.29, 1.82) is 5.26 Å². The van der Waals surface area contributed by atoms with E-state index in [1.165, 1.54) is 12.8 Å². The van der Waals surface area contributed by atoms with Crippen LogP contribution in [-0.2, 0) is 4.79 Å². The van der Waals surface area contributed by atoms with Crippen LogP contribution in [0, 0.1) is 11.3 Å². The van der Waals surface area contributed by atoms with Gasteiger partial charge in [0.05, 0.1) is 24.8 Å². The fourth-order valence-electron chi connectivity index (χ4n) is 4.48. The van der Waals surface area contributed by atoms with Crippen molar-refractivity contribution in [1.82, 2.24) is 15.1 Å². The number of piperazine rings is 1. The molecular formula is C23H35N5O2. The maximum atomic E-state index is 12.3. The Morgan fingerprint density at radius 1 is 1.27 bits per heavy atom. The van der Waals surface area contributed by atoms with Gasteiger partial charge in [0, 0.05) is 43.3 Å². The Balaban J connectivity index is 1.41. The molecule has 1 amide bonds. The van der Waals surface area contributed by atoms with Crippen LogP contribution >= 0.6 is 0 Å². The molecule has 0 aliphatic carbocycles. The molecule has 0 spiro atoms. The van der Waals surface area contributed by atoms with Crippen molar-refractivity contribution in [2.24, 2.45) is 5.73 Å². The monoisotopic (exact) mass is 413 g/mol. The van der Waals surface area contributed by atoms with Crippen LogP contribution in [0.5, 0.6) is 5.75 Å². The second kappa shape index (κ2) is 9.78. The van der Waals surface area contributed by atoms with Crippen molar-refractivity contribution < 1.29 is 9.53 Å². The third kappa shape index (κ3) is 6.43. The lowest BCUT2D eigenvalue weighted by atomic mass is 10.1. The normalized spacial score (nSPS) is 23.0. The van der Waals surface area contributed by atoms with E-state index in [0.29, 0.717) is 30.8 Å². The Morgan fingerprint density at radius 3 is 2.47 bits per heavy atom. The molecule has 2 aliphatic heterocycles. The highest BCUT2D eigenvalue weighted by atomic mass is 16.5. The van der Waals surface area contributed by atoms with Gasteiger partial charge in [0.25, 0.3) is 0 Å². The summed E-state index contributed by atoms with van der Waals surface area (Å²) in [5.41, 5.74) is 6.85. The number of hydrogen-bond acceptors (Lipinski definition) is 6. The minimum absolute atomic E-state index is 0.0576. The minimum atomic E-state index is -0.190. The Labute approximate surface area is 180 Å². The zero-order chi connectivity index (χ0) is 21.7. The minimum Gasteiger partial charge on any atom is -0.494 e. The van der Waals surface area contributed by atoms with E-state index >= 15 is 0 Å². The van der Waals surface area contributed by atoms with Crippen LogP contribution in [0.3, 0.4) is 0 Å². The summed E-state index contributed by atoms with van der Waals surface area (Å²) >= 11 is 0. The summed E-state index contributed by atoms with van der Waals surface area (Å²) in [4.78, 5) is 17.1. The third-order valence-electron chi connectivity index (χ3n) is 5.78. The number of carbonyl (C=O) groups excluding carboxylic acids is 1. The molecule has 164 valence electrons. The van der Waals surface area contributed by atoms with E-state index in [4.69, 9.17) is 15.7 Å². The largest absolute Gasteiger partial charge is 0.494 e. The number of nitrogens with zero attached hydrogens (tertiary/aromatic N) is 3. The molecular weight excluding hydrogens is 378 g/mol. The van der Waals surface area contributed by atoms with Crippen LogP contribution in [0.25, 0.3) is 0 Å². The lowest BCUT2D eigenvalue weighted by molar-refractivity contribution is -0.124. The van der Waals surface area contributed by atoms with E-state index in [2.05, 4.69) is 21.2 Å². The number of nitriles is 1. The van der Waals surface area contributed by atoms with Gasteiger partial charge < -0.3 is 15.8 Å². The highest BCUT2D eigenvalue weighted by Gasteiger charge is 2.40. The molecule has 2 bridgehead atoms. The summed E-state index contributed by atoms with van der Waals surface area (Å²) in [5.74, 6) is 0.871. The second-order valence-electron chi connectivity index (χ2n) is 9.61. The first kappa shape index (κ1) is 22.5. The number of nitrogens with one attached hydrogen (secondary N) is 1. The highest BCUT2D eigenvalue weighted by Crippen LogP contribution is 2.30. The standard InChI is InChI=1S/C23H35N5O2/c1-23(2,3)26-22(29)16-27-14-19-6-7-20(15-27)28(19)13-18(25)10-11-30-21-8-4-17(12-24)5-9-21/h4-5,8-9,18-20H,6-7,10-11,13-16,25H2,1-3H3,(H,26,29). The van der Waals surface area contributed by atoms with E-state index < -0.39 is 0 Å². The summed E-state index contributed by atoms with van der Waals surface area (Å²) in [6, 6.07) is 10.3. The van der Waals surface area contributed by atoms with Crippen LogP contribution in [0.1, 0.15) is 45.6 Å². The molecule has 7 nitrogen and oxygen atoms in total. The number of likely N-dealkylation sites (tertiary alicyclic amines) is 1. The lowest BCUT2D eigenvalue weighted by Crippen LogP contribution is -2.58. The van der Waals surface area contributed by atoms with E-state index in [0.717, 1.165) is 31.8 Å². The first-order chi connectivity index (χ1) is 14.2. The van der Waals surface area contributed by atoms with E-state index in [1.807, 2.05) is 32.9 Å². The van der Waals surface area contributed by atoms with Crippen LogP contribution in [0.15, 0.2) is 24.3 Å². The first-order valence-electron chi connectivity index (χ1n) is 10.9. The van der Waals surface area contributed by atoms with Crippen LogP contribution in [0.4, 0.5) is 0 Å². The number of rotatable bonds is 8. The molecule has 2 heterocycles. The van der Waals surface area contributed by atoms with E-state index in [1.54, 1.807) is 12.1 Å². The second-order valence-corrected chi connectivity index (χ2v) is 9.61. The van der Waals surface area contributed by atoms with Crippen LogP contribution in [-0.4, -0.2) is 72.2 Å². The molecule has 2 aliphatic rings. The predicted octanol–water partition coefficient (Wildman–Crippen LogP) is 1.72. The van der Waals surface area contributed by atoms with Gasteiger partial charge in [0.15, 0.2) is 0 Å². The zero-order valence-corrected chi connectivity index (χ0v) is 18.4. The molecule has 3 rings (SSSR count). The maximum absolute atomic E-state index is 12.3. The van der Waals surface area contributed by atoms with Gasteiger partial charge in [0.1, 0.15) is 5.75 Å². The number of amides is 1. The molecule has 2 saturated heterocycles. The van der Waals surface area contributed by atoms with Gasteiger partial charge in [-0.25, -0.2) is 0 Å². The Bertz CT molecular complexity index is 738. The van der Waals surface area contributed by atoms with Gasteiger partial charge in [0.2, 0.25) is 5.91 Å². The molecule has 0 radical (unpaired) electrons. The van der Waals surface area contributed by atoms with E-state index in [-0.39, 0.29) is 17.5 Å². The first-order valence-corrected chi connectivity index (χ1v) is 10.9. The van der Waals surface area contributed by atoms with Gasteiger partial charge in [-0.2, -0.15) is 5.26 Å². The molecule has 2 fully saturated rings. The van der Waals surface area contributed by atoms with Crippen molar-refractivity contribution in [2.45, 2.75) is 63.7 Å². The number of ether oxygens (including phenoxy) is 1. The topological polar surface area (TPSA) is 94.6 Å². The SMILES string of the molecule is CC(C)(C)NC(=O)CN1CC2CCC(C1)N2CC(N)CCOc1ccc(C#N)cc1. The fraction of sp³-hybridized carbons (Fsp3) is 0.652. The fourth-order valence-corrected chi connectivity index (χ4v) is 4.48. The molecule has 1 aromatic carbocycles. The summed E-state index contributed by atoms with van der Waals surface area (Å²) in [5, 5.41) is 11.9. The smallest absolute Gasteiger partial charge is 0.234 e. The maximum Gasteiger partial charge on any atom is 0.234 e. The van der Waals surface area contributed by atoms with Crippen molar-refractivity contribution in [2.75, 3.05) is 32.8 Å². The zero-order valence-electron chi connectivity index (χ0n) is 18.4. The summed E-state index contributed by atoms with van der Waals surface area (Å²) in [6.07, 6.45) is 3.14. The Kier molecular flexibility index (Phi) is 7.35. The molecule has 3 N–H and O–H groups in total. The van der Waals surface area contributed by atoms with Gasteiger partial charge in [-0.05, 0) is 64.3 Å². The van der Waals surface area contributed by atoms with E-state index in [9.17, 15) is 4.79 Å². The average Bonchev–Trinajstić information content (AvgIpc) is 2.89. The summed E-state index contributed by atoms with van der Waals surface area (Å²) in [6.45, 7) is 9.81. The van der Waals surface area contributed by atoms with Gasteiger partial charge in [-0.1, -0.05) is 0 Å². The molecule has 0 aromatic heterocycles. The van der Waals surface area contributed by atoms with Gasteiger partial charge >= 0.3 is 0 Å². The number of nitrogens with two attached hydrogens (primary N) is 1. The summed E-state index contributed by atoms with van der Waals surface area (Å²) in [7, 11) is 0. The van der Waals surface area contributed by atoms with Crippen LogP contribution in [0.2, 0.25) is 0 Å². The predicted molar refractivity (Wildman–Crippen MR) is 117 cm³/mol. The quantitative estimate of drug-likeness (QED) is 0.674. The molecule has 3 unspecified atom stereocenters. The van der Waals surface area contributed by atoms with Gasteiger partial charge in [-0.3, -0.25) is 14.6 Å². The molecule has 3 atom stereocenters. The number of benzene rings is 1. The third-order valence-corrected chi connectivity index (χ3v) is 5.78. The van der Waals surface area contributed by atoms with Crippen LogP contribution < -0.4 is 15.8 Å². The summed E-state index contributed by atoms with van der Waals surface area (Å²) < 4.78 is 5.77.